The minimum atomic E-state index is -0.363. The van der Waals surface area contributed by atoms with Crippen LogP contribution in [0.5, 0.6) is 0 Å². The zero-order valence-electron chi connectivity index (χ0n) is 11.6. The zero-order chi connectivity index (χ0) is 14.8. The van der Waals surface area contributed by atoms with Crippen LogP contribution in [0.3, 0.4) is 0 Å². The predicted octanol–water partition coefficient (Wildman–Crippen LogP) is -0.115. The van der Waals surface area contributed by atoms with Gasteiger partial charge in [-0.05, 0) is 31.0 Å². The Kier molecular flexibility index (Phi) is 3.66. The van der Waals surface area contributed by atoms with E-state index in [2.05, 4.69) is 11.2 Å². The lowest BCUT2D eigenvalue weighted by atomic mass is 10.1. The average molecular weight is 272 g/mol. The van der Waals surface area contributed by atoms with Crippen molar-refractivity contribution in [1.29, 1.82) is 0 Å². The summed E-state index contributed by atoms with van der Waals surface area (Å²) < 4.78 is 1.52. The van der Waals surface area contributed by atoms with Gasteiger partial charge in [0.2, 0.25) is 6.21 Å². The van der Waals surface area contributed by atoms with Gasteiger partial charge < -0.3 is 9.88 Å². The second-order valence-corrected chi connectivity index (χ2v) is 4.88. The molecule has 0 aliphatic heterocycles. The fourth-order valence-electron chi connectivity index (χ4n) is 2.10. The third-order valence-corrected chi connectivity index (χ3v) is 3.46. The van der Waals surface area contributed by atoms with Crippen molar-refractivity contribution in [3.05, 3.63) is 33.8 Å². The lowest BCUT2D eigenvalue weighted by molar-refractivity contribution is -0.733. The maximum absolute atomic E-state index is 12.0. The van der Waals surface area contributed by atoms with Crippen LogP contribution < -0.4 is 16.0 Å². The molecule has 1 heterocycles. The second kappa shape index (κ2) is 5.25. The summed E-state index contributed by atoms with van der Waals surface area (Å²) in [6.07, 6.45) is 12.4. The molecule has 2 rings (SSSR count). The number of aromatic nitrogens is 1. The molecule has 1 fully saturated rings. The molecule has 1 aromatic rings. The smallest absolute Gasteiger partial charge is 0.252 e. The fourth-order valence-corrected chi connectivity index (χ4v) is 2.10. The minimum Gasteiger partial charge on any atom is -0.368 e. The number of rotatable bonds is 4. The molecule has 1 aliphatic carbocycles. The second-order valence-electron chi connectivity index (χ2n) is 4.88. The summed E-state index contributed by atoms with van der Waals surface area (Å²) in [7, 11) is 1.68. The van der Waals surface area contributed by atoms with Crippen molar-refractivity contribution >= 4 is 18.0 Å². The average Bonchev–Trinajstić information content (AvgIpc) is 3.20. The standard InChI is InChI=1S/C15H17N3O2/c1-4-6-13-11(10-16-20)12(9-14(19)18(13)3)17-15(5-2)7-8-15/h2,4,6,9-10,17,20H,7-8H2,1,3H3/p+1/b6-4-,16-10-. The maximum atomic E-state index is 12.0. The van der Waals surface area contributed by atoms with Gasteiger partial charge in [-0.3, -0.25) is 10.0 Å². The summed E-state index contributed by atoms with van der Waals surface area (Å²) >= 11 is 0. The molecule has 1 saturated carbocycles. The molecule has 1 aliphatic rings. The SMILES string of the molecule is C#CC1(Nc2cc(=O)n(C)c(/C=C\C)c2/C=[NH+]\O)CC1. The number of hydrogen-bond acceptors (Lipinski definition) is 3. The van der Waals surface area contributed by atoms with Crippen LogP contribution in [0.1, 0.15) is 31.0 Å². The maximum Gasteiger partial charge on any atom is 0.252 e. The van der Waals surface area contributed by atoms with Gasteiger partial charge in [0, 0.05) is 13.1 Å². The van der Waals surface area contributed by atoms with E-state index in [0.29, 0.717) is 16.9 Å². The monoisotopic (exact) mass is 272 g/mol. The number of terminal acetylenes is 1. The van der Waals surface area contributed by atoms with Gasteiger partial charge in [-0.15, -0.1) is 6.42 Å². The first-order valence-electron chi connectivity index (χ1n) is 6.42. The molecule has 0 amide bonds. The van der Waals surface area contributed by atoms with Gasteiger partial charge in [-0.2, -0.15) is 0 Å². The van der Waals surface area contributed by atoms with Crippen LogP contribution in [-0.2, 0) is 7.05 Å². The lowest BCUT2D eigenvalue weighted by Crippen LogP contribution is -2.64. The summed E-state index contributed by atoms with van der Waals surface area (Å²) in [6, 6.07) is 1.49. The first kappa shape index (κ1) is 13.9. The van der Waals surface area contributed by atoms with Crippen molar-refractivity contribution in [2.45, 2.75) is 25.3 Å². The Labute approximate surface area is 117 Å². The fraction of sp³-hybridized carbons (Fsp3) is 0.333. The summed E-state index contributed by atoms with van der Waals surface area (Å²) in [6.45, 7) is 1.87. The zero-order valence-corrected chi connectivity index (χ0v) is 11.6. The van der Waals surface area contributed by atoms with Crippen molar-refractivity contribution < 1.29 is 10.4 Å². The van der Waals surface area contributed by atoms with Gasteiger partial charge in [-0.1, -0.05) is 12.0 Å². The molecule has 20 heavy (non-hydrogen) atoms. The van der Waals surface area contributed by atoms with E-state index in [1.165, 1.54) is 16.8 Å². The third-order valence-electron chi connectivity index (χ3n) is 3.46. The molecule has 0 atom stereocenters. The van der Waals surface area contributed by atoms with Gasteiger partial charge in [0.25, 0.3) is 5.56 Å². The van der Waals surface area contributed by atoms with Crippen LogP contribution in [0.4, 0.5) is 5.69 Å². The number of pyridine rings is 1. The highest BCUT2D eigenvalue weighted by atomic mass is 16.4. The summed E-state index contributed by atoms with van der Waals surface area (Å²) in [4.78, 5) is 12.0. The highest BCUT2D eigenvalue weighted by molar-refractivity contribution is 5.89. The lowest BCUT2D eigenvalue weighted by Gasteiger charge is -2.16. The molecule has 0 unspecified atom stereocenters. The number of nitrogens with zero attached hydrogens (tertiary/aromatic N) is 1. The predicted molar refractivity (Wildman–Crippen MR) is 78.7 cm³/mol. The molecular formula is C15H18N3O2+. The van der Waals surface area contributed by atoms with E-state index < -0.39 is 0 Å². The molecule has 0 saturated heterocycles. The van der Waals surface area contributed by atoms with Crippen LogP contribution in [0, 0.1) is 12.3 Å². The van der Waals surface area contributed by atoms with Gasteiger partial charge in [0.05, 0.1) is 22.5 Å². The van der Waals surface area contributed by atoms with Crippen molar-refractivity contribution in [2.75, 3.05) is 5.32 Å². The molecule has 104 valence electrons. The van der Waals surface area contributed by atoms with E-state index in [0.717, 1.165) is 12.8 Å². The Morgan fingerprint density at radius 2 is 2.30 bits per heavy atom. The van der Waals surface area contributed by atoms with E-state index in [-0.39, 0.29) is 11.1 Å². The molecule has 5 nitrogen and oxygen atoms in total. The van der Waals surface area contributed by atoms with E-state index in [4.69, 9.17) is 11.6 Å². The molecular weight excluding hydrogens is 254 g/mol. The normalized spacial score (nSPS) is 16.4. The van der Waals surface area contributed by atoms with Crippen molar-refractivity contribution in [1.82, 2.24) is 4.57 Å². The Morgan fingerprint density at radius 1 is 1.60 bits per heavy atom. The molecule has 0 radical (unpaired) electrons. The van der Waals surface area contributed by atoms with E-state index in [9.17, 15) is 4.79 Å². The van der Waals surface area contributed by atoms with Crippen LogP contribution in [-0.4, -0.2) is 21.5 Å². The quantitative estimate of drug-likeness (QED) is 0.310. The van der Waals surface area contributed by atoms with Crippen LogP contribution in [0.25, 0.3) is 6.08 Å². The number of allylic oxidation sites excluding steroid dienone is 1. The van der Waals surface area contributed by atoms with Gasteiger partial charge in [0.15, 0.2) is 0 Å². The van der Waals surface area contributed by atoms with Crippen molar-refractivity contribution in [2.24, 2.45) is 7.05 Å². The largest absolute Gasteiger partial charge is 0.368 e. The van der Waals surface area contributed by atoms with Crippen LogP contribution >= 0.6 is 0 Å². The molecule has 0 aromatic carbocycles. The number of hydrogen-bond donors (Lipinski definition) is 3. The summed E-state index contributed by atoms with van der Waals surface area (Å²) in [5.74, 6) is 2.72. The van der Waals surface area contributed by atoms with E-state index >= 15 is 0 Å². The van der Waals surface area contributed by atoms with E-state index in [1.807, 2.05) is 24.2 Å². The first-order valence-corrected chi connectivity index (χ1v) is 6.42. The Balaban J connectivity index is 2.61. The Bertz CT molecular complexity index is 674. The number of anilines is 1. The molecule has 0 spiro atoms. The molecule has 0 bridgehead atoms. The van der Waals surface area contributed by atoms with Crippen molar-refractivity contribution in [3.8, 4) is 12.3 Å². The summed E-state index contributed by atoms with van der Waals surface area (Å²) in [5, 5.41) is 14.2. The highest BCUT2D eigenvalue weighted by Crippen LogP contribution is 2.38. The Morgan fingerprint density at radius 3 is 2.80 bits per heavy atom. The highest BCUT2D eigenvalue weighted by Gasteiger charge is 2.41. The van der Waals surface area contributed by atoms with Gasteiger partial charge in [0.1, 0.15) is 0 Å². The van der Waals surface area contributed by atoms with E-state index in [1.54, 1.807) is 7.05 Å². The summed E-state index contributed by atoms with van der Waals surface area (Å²) in [5.41, 5.74) is 1.50. The molecule has 1 aromatic heterocycles. The van der Waals surface area contributed by atoms with Crippen molar-refractivity contribution in [3.63, 3.8) is 0 Å². The van der Waals surface area contributed by atoms with Crippen LogP contribution in [0.15, 0.2) is 16.9 Å². The van der Waals surface area contributed by atoms with Gasteiger partial charge >= 0.3 is 0 Å². The number of nitrogens with one attached hydrogen (secondary N) is 2. The third kappa shape index (κ3) is 2.45. The molecule has 3 N–H and O–H groups in total. The van der Waals surface area contributed by atoms with Crippen LogP contribution in [0.2, 0.25) is 0 Å². The molecule has 5 heteroatoms. The van der Waals surface area contributed by atoms with Gasteiger partial charge in [-0.25, -0.2) is 0 Å². The topological polar surface area (TPSA) is 68.2 Å². The minimum absolute atomic E-state index is 0.136. The Hall–Kier alpha value is -2.48. The first-order chi connectivity index (χ1) is 9.56.